The highest BCUT2D eigenvalue weighted by Gasteiger charge is 2.27. The fraction of sp³-hybridized carbons (Fsp3) is 0.887. The molecule has 0 aliphatic carbocycles. The molecule has 0 aromatic heterocycles. The van der Waals surface area contributed by atoms with E-state index in [1.807, 2.05) is 33.3 Å². The van der Waals surface area contributed by atoms with Crippen molar-refractivity contribution in [1.82, 2.24) is 5.32 Å². The minimum absolute atomic E-state index is 0.0221. The van der Waals surface area contributed by atoms with E-state index in [-0.39, 0.29) is 31.5 Å². The normalized spacial score (nSPS) is 14.1. The van der Waals surface area contributed by atoms with Crippen LogP contribution in [-0.4, -0.2) is 69.4 Å². The van der Waals surface area contributed by atoms with Crippen molar-refractivity contribution in [2.24, 2.45) is 0 Å². The molecule has 0 radical (unpaired) electrons. The molecule has 0 saturated heterocycles. The van der Waals surface area contributed by atoms with Crippen molar-refractivity contribution in [3.8, 4) is 0 Å². The van der Waals surface area contributed by atoms with E-state index in [0.717, 1.165) is 70.6 Å². The van der Waals surface area contributed by atoms with Crippen LogP contribution in [0, 0.1) is 0 Å². The lowest BCUT2D eigenvalue weighted by molar-refractivity contribution is -0.870. The smallest absolute Gasteiger partial charge is 0.306 e. The zero-order valence-corrected chi connectivity index (χ0v) is 43.2. The number of amides is 1. The molecule has 9 nitrogen and oxygen atoms in total. The molecule has 0 aromatic carbocycles. The predicted octanol–water partition coefficient (Wildman–Crippen LogP) is 14.8. The largest absolute Gasteiger partial charge is 0.756 e. The third-order valence-corrected chi connectivity index (χ3v) is 12.8. The fourth-order valence-electron chi connectivity index (χ4n) is 7.69. The van der Waals surface area contributed by atoms with Gasteiger partial charge in [-0.25, -0.2) is 0 Å². The zero-order valence-electron chi connectivity index (χ0n) is 42.3. The number of ether oxygens (including phenoxy) is 1. The number of unbranched alkanes of at least 4 members (excludes halogenated alkanes) is 30. The summed E-state index contributed by atoms with van der Waals surface area (Å²) in [5, 5.41) is 3.00. The van der Waals surface area contributed by atoms with Gasteiger partial charge in [0.2, 0.25) is 5.91 Å². The number of carbonyl (C=O) groups is 2. The first-order chi connectivity index (χ1) is 30.4. The molecule has 3 unspecified atom stereocenters. The molecule has 0 heterocycles. The molecule has 10 heteroatoms. The van der Waals surface area contributed by atoms with Crippen molar-refractivity contribution in [2.45, 2.75) is 264 Å². The summed E-state index contributed by atoms with van der Waals surface area (Å²) in [5.41, 5.74) is 0. The number of quaternary nitrogens is 1. The average molecular weight is 911 g/mol. The maximum Gasteiger partial charge on any atom is 0.306 e. The van der Waals surface area contributed by atoms with Crippen LogP contribution in [0.3, 0.4) is 0 Å². The highest BCUT2D eigenvalue weighted by molar-refractivity contribution is 7.45. The second-order valence-electron chi connectivity index (χ2n) is 19.4. The number of hydrogen-bond donors (Lipinski definition) is 1. The van der Waals surface area contributed by atoms with E-state index in [4.69, 9.17) is 13.8 Å². The van der Waals surface area contributed by atoms with Crippen LogP contribution in [0.15, 0.2) is 24.3 Å². The summed E-state index contributed by atoms with van der Waals surface area (Å²) in [5.74, 6) is -0.553. The number of carbonyl (C=O) groups excluding carboxylic acids is 2. The molecular formula is C53H103N2O7P. The van der Waals surface area contributed by atoms with Gasteiger partial charge in [-0.05, 0) is 57.4 Å². The van der Waals surface area contributed by atoms with Crippen LogP contribution in [0.2, 0.25) is 0 Å². The summed E-state index contributed by atoms with van der Waals surface area (Å²) in [6.45, 7) is 6.82. The molecule has 0 bridgehead atoms. The summed E-state index contributed by atoms with van der Waals surface area (Å²) < 4.78 is 30.1. The molecule has 63 heavy (non-hydrogen) atoms. The van der Waals surface area contributed by atoms with Gasteiger partial charge >= 0.3 is 5.97 Å². The quantitative estimate of drug-likeness (QED) is 0.0213. The van der Waals surface area contributed by atoms with Gasteiger partial charge in [0.25, 0.3) is 7.82 Å². The lowest BCUT2D eigenvalue weighted by Gasteiger charge is -2.30. The van der Waals surface area contributed by atoms with Gasteiger partial charge in [0.15, 0.2) is 0 Å². The van der Waals surface area contributed by atoms with E-state index >= 15 is 0 Å². The Morgan fingerprint density at radius 3 is 1.37 bits per heavy atom. The number of rotatable bonds is 48. The van der Waals surface area contributed by atoms with E-state index in [1.54, 1.807) is 0 Å². The molecule has 0 aliphatic heterocycles. The van der Waals surface area contributed by atoms with Crippen LogP contribution in [0.1, 0.15) is 252 Å². The summed E-state index contributed by atoms with van der Waals surface area (Å²) in [6.07, 6.45) is 48.5. The van der Waals surface area contributed by atoms with Crippen molar-refractivity contribution in [2.75, 3.05) is 40.9 Å². The van der Waals surface area contributed by atoms with Gasteiger partial charge in [-0.15, -0.1) is 0 Å². The van der Waals surface area contributed by atoms with Crippen LogP contribution < -0.4 is 10.2 Å². The lowest BCUT2D eigenvalue weighted by Crippen LogP contribution is -2.47. The Morgan fingerprint density at radius 1 is 0.540 bits per heavy atom. The first-order valence-corrected chi connectivity index (χ1v) is 28.1. The Bertz CT molecular complexity index is 1140. The molecule has 0 saturated carbocycles. The predicted molar refractivity (Wildman–Crippen MR) is 266 cm³/mol. The summed E-state index contributed by atoms with van der Waals surface area (Å²) >= 11 is 0. The van der Waals surface area contributed by atoms with Crippen molar-refractivity contribution >= 4 is 19.7 Å². The van der Waals surface area contributed by atoms with Gasteiger partial charge in [-0.2, -0.15) is 0 Å². The number of esters is 1. The molecule has 0 fully saturated rings. The average Bonchev–Trinajstić information content (AvgIpc) is 3.23. The monoisotopic (exact) mass is 911 g/mol. The second kappa shape index (κ2) is 44.3. The topological polar surface area (TPSA) is 114 Å². The van der Waals surface area contributed by atoms with Crippen LogP contribution in [0.5, 0.6) is 0 Å². The Morgan fingerprint density at radius 2 is 0.921 bits per heavy atom. The summed E-state index contributed by atoms with van der Waals surface area (Å²) in [4.78, 5) is 39.6. The molecule has 0 spiro atoms. The van der Waals surface area contributed by atoms with Gasteiger partial charge < -0.3 is 28.5 Å². The number of allylic oxidation sites excluding steroid dienone is 3. The number of nitrogens with zero attached hydrogens (tertiary/aromatic N) is 1. The van der Waals surface area contributed by atoms with Crippen LogP contribution in [-0.2, 0) is 27.9 Å². The van der Waals surface area contributed by atoms with Gasteiger partial charge in [-0.1, -0.05) is 206 Å². The zero-order chi connectivity index (χ0) is 46.5. The number of phosphoric ester groups is 1. The Balaban J connectivity index is 5.41. The maximum atomic E-state index is 13.4. The Hall–Kier alpha value is -1.51. The standard InChI is InChI=1S/C53H103N2O7P/c1-7-10-13-16-19-22-25-27-30-33-36-39-42-45-52(56)54-50(49-61-63(58,59)60-48-47-55(4,5)6)51(44-41-38-35-32-29-24-21-18-15-12-9-3)62-53(57)46-43-40-37-34-31-28-26-23-20-17-14-11-8-2/h27,30,41,44,50-51H,7-26,28-29,31-40,42-43,45-49H2,1-6H3,(H-,54,56,58,59)/b30-27-,44-41+. The van der Waals surface area contributed by atoms with Crippen LogP contribution >= 0.6 is 7.82 Å². The third kappa shape index (κ3) is 45.4. The molecule has 1 N–H and O–H groups in total. The molecule has 0 rings (SSSR count). The van der Waals surface area contributed by atoms with Crippen molar-refractivity contribution in [3.63, 3.8) is 0 Å². The third-order valence-electron chi connectivity index (χ3n) is 11.9. The number of phosphoric acid groups is 1. The van der Waals surface area contributed by atoms with Crippen LogP contribution in [0.4, 0.5) is 0 Å². The van der Waals surface area contributed by atoms with Crippen molar-refractivity contribution < 1.29 is 37.3 Å². The molecule has 3 atom stereocenters. The minimum Gasteiger partial charge on any atom is -0.756 e. The van der Waals surface area contributed by atoms with E-state index in [9.17, 15) is 19.0 Å². The number of nitrogens with one attached hydrogen (secondary N) is 1. The first-order valence-electron chi connectivity index (χ1n) is 26.6. The number of hydrogen-bond acceptors (Lipinski definition) is 7. The highest BCUT2D eigenvalue weighted by Crippen LogP contribution is 2.38. The second-order valence-corrected chi connectivity index (χ2v) is 20.8. The van der Waals surface area contributed by atoms with Crippen molar-refractivity contribution in [1.29, 1.82) is 0 Å². The van der Waals surface area contributed by atoms with Gasteiger partial charge in [0.05, 0.1) is 33.8 Å². The lowest BCUT2D eigenvalue weighted by atomic mass is 10.0. The molecule has 0 aromatic rings. The van der Waals surface area contributed by atoms with Gasteiger partial charge in [0.1, 0.15) is 19.3 Å². The number of likely N-dealkylation sites (N-methyl/N-ethyl adjacent to an activating group) is 1. The molecule has 1 amide bonds. The van der Waals surface area contributed by atoms with Crippen molar-refractivity contribution in [3.05, 3.63) is 24.3 Å². The highest BCUT2D eigenvalue weighted by atomic mass is 31.2. The Labute approximate surface area is 390 Å². The van der Waals surface area contributed by atoms with Gasteiger partial charge in [-0.3, -0.25) is 14.2 Å². The van der Waals surface area contributed by atoms with Gasteiger partial charge in [0, 0.05) is 12.8 Å². The molecule has 372 valence electrons. The van der Waals surface area contributed by atoms with Crippen LogP contribution in [0.25, 0.3) is 0 Å². The molecule has 0 aliphatic rings. The Kier molecular flexibility index (Phi) is 43.3. The minimum atomic E-state index is -4.68. The SMILES string of the molecule is CCCCCCCC/C=C\CCCCCC(=O)NC(COP(=O)([O-])OCC[N+](C)(C)C)C(/C=C/CCCCCCCCCCC)OC(=O)CCCCCCCCCCCCCCC. The summed E-state index contributed by atoms with van der Waals surface area (Å²) in [7, 11) is 1.18. The van der Waals surface area contributed by atoms with E-state index in [0.29, 0.717) is 17.4 Å². The van der Waals surface area contributed by atoms with E-state index < -0.39 is 20.0 Å². The summed E-state index contributed by atoms with van der Waals surface area (Å²) in [6, 6.07) is -0.887. The van der Waals surface area contributed by atoms with E-state index in [2.05, 4.69) is 38.2 Å². The maximum absolute atomic E-state index is 13.4. The fourth-order valence-corrected chi connectivity index (χ4v) is 8.42. The molecular weight excluding hydrogens is 808 g/mol. The van der Waals surface area contributed by atoms with E-state index in [1.165, 1.54) is 148 Å². The first kappa shape index (κ1) is 61.5.